The third-order valence-electron chi connectivity index (χ3n) is 4.16. The van der Waals surface area contributed by atoms with E-state index in [4.69, 9.17) is 10.5 Å². The maximum atomic E-state index is 6.06. The number of hydrogen-bond donors (Lipinski definition) is 1. The van der Waals surface area contributed by atoms with Crippen molar-refractivity contribution in [3.63, 3.8) is 0 Å². The number of nitrogens with two attached hydrogens (primary N) is 1. The highest BCUT2D eigenvalue weighted by atomic mass is 16.5. The van der Waals surface area contributed by atoms with Gasteiger partial charge in [0, 0.05) is 6.61 Å². The Hall–Kier alpha value is -0.0800. The van der Waals surface area contributed by atoms with Crippen LogP contribution in [0.4, 0.5) is 0 Å². The molecule has 0 aromatic carbocycles. The van der Waals surface area contributed by atoms with Crippen LogP contribution < -0.4 is 5.73 Å². The molecule has 2 N–H and O–H groups in total. The van der Waals surface area contributed by atoms with Gasteiger partial charge >= 0.3 is 0 Å². The zero-order valence-corrected chi connectivity index (χ0v) is 9.95. The highest BCUT2D eigenvalue weighted by Gasteiger charge is 2.31. The molecule has 3 atom stereocenters. The lowest BCUT2D eigenvalue weighted by Crippen LogP contribution is -2.36. The lowest BCUT2D eigenvalue weighted by Gasteiger charge is -2.35. The Bertz CT molecular complexity index is 191. The molecule has 0 radical (unpaired) electrons. The zero-order chi connectivity index (χ0) is 10.7. The van der Waals surface area contributed by atoms with E-state index in [-0.39, 0.29) is 0 Å². The normalized spacial score (nSPS) is 36.8. The van der Waals surface area contributed by atoms with Gasteiger partial charge in [0.05, 0.1) is 6.10 Å². The summed E-state index contributed by atoms with van der Waals surface area (Å²) in [7, 11) is 0. The molecule has 3 unspecified atom stereocenters. The van der Waals surface area contributed by atoms with Gasteiger partial charge in [-0.3, -0.25) is 0 Å². The third kappa shape index (κ3) is 3.18. The van der Waals surface area contributed by atoms with Crippen LogP contribution in [0.1, 0.15) is 45.4 Å². The summed E-state index contributed by atoms with van der Waals surface area (Å²) in [6.07, 6.45) is 8.45. The predicted octanol–water partition coefficient (Wildman–Crippen LogP) is 2.57. The molecule has 0 amide bonds. The number of hydrogen-bond acceptors (Lipinski definition) is 2. The van der Waals surface area contributed by atoms with E-state index < -0.39 is 0 Å². The number of rotatable bonds is 5. The molecule has 0 aromatic rings. The van der Waals surface area contributed by atoms with Crippen molar-refractivity contribution in [1.82, 2.24) is 0 Å². The van der Waals surface area contributed by atoms with Crippen LogP contribution in [0.5, 0.6) is 0 Å². The van der Waals surface area contributed by atoms with Gasteiger partial charge in [-0.2, -0.15) is 0 Å². The molecular weight excluding hydrogens is 186 g/mol. The second-order valence-corrected chi connectivity index (χ2v) is 5.40. The van der Waals surface area contributed by atoms with Crippen LogP contribution in [0.3, 0.4) is 0 Å². The van der Waals surface area contributed by atoms with Crippen molar-refractivity contribution in [2.75, 3.05) is 13.2 Å². The highest BCUT2D eigenvalue weighted by molar-refractivity contribution is 4.82. The fourth-order valence-corrected chi connectivity index (χ4v) is 2.66. The highest BCUT2D eigenvalue weighted by Crippen LogP contribution is 2.35. The van der Waals surface area contributed by atoms with Gasteiger partial charge in [0.25, 0.3) is 0 Å². The molecule has 2 rings (SSSR count). The van der Waals surface area contributed by atoms with Crippen molar-refractivity contribution in [3.05, 3.63) is 0 Å². The first-order chi connectivity index (χ1) is 7.33. The van der Waals surface area contributed by atoms with Crippen LogP contribution in [-0.4, -0.2) is 19.3 Å². The van der Waals surface area contributed by atoms with Crippen molar-refractivity contribution >= 4 is 0 Å². The van der Waals surface area contributed by atoms with Crippen LogP contribution in [0, 0.1) is 17.8 Å². The fraction of sp³-hybridized carbons (Fsp3) is 1.00. The summed E-state index contributed by atoms with van der Waals surface area (Å²) < 4.78 is 6.06. The van der Waals surface area contributed by atoms with E-state index in [1.165, 1.54) is 38.5 Å². The first-order valence-corrected chi connectivity index (χ1v) is 6.65. The molecule has 2 fully saturated rings. The molecule has 2 aliphatic rings. The minimum Gasteiger partial charge on any atom is -0.378 e. The molecule has 2 nitrogen and oxygen atoms in total. The van der Waals surface area contributed by atoms with Crippen molar-refractivity contribution in [1.29, 1.82) is 0 Å². The molecule has 0 bridgehead atoms. The maximum Gasteiger partial charge on any atom is 0.0618 e. The van der Waals surface area contributed by atoms with E-state index in [1.807, 2.05) is 0 Å². The first-order valence-electron chi connectivity index (χ1n) is 6.65. The van der Waals surface area contributed by atoms with Crippen molar-refractivity contribution in [2.24, 2.45) is 23.5 Å². The van der Waals surface area contributed by atoms with Gasteiger partial charge in [-0.25, -0.2) is 0 Å². The Kier molecular flexibility index (Phi) is 4.04. The smallest absolute Gasteiger partial charge is 0.0618 e. The summed E-state index contributed by atoms with van der Waals surface area (Å²) in [6.45, 7) is 4.11. The van der Waals surface area contributed by atoms with Gasteiger partial charge < -0.3 is 10.5 Å². The summed E-state index contributed by atoms with van der Waals surface area (Å²) in [5.74, 6) is 2.40. The Balaban J connectivity index is 1.79. The van der Waals surface area contributed by atoms with E-state index in [1.54, 1.807) is 0 Å². The van der Waals surface area contributed by atoms with E-state index in [0.29, 0.717) is 12.0 Å². The van der Waals surface area contributed by atoms with Crippen LogP contribution in [-0.2, 0) is 4.74 Å². The fourth-order valence-electron chi connectivity index (χ4n) is 2.66. The predicted molar refractivity (Wildman–Crippen MR) is 62.6 cm³/mol. The Morgan fingerprint density at radius 3 is 2.47 bits per heavy atom. The lowest BCUT2D eigenvalue weighted by atomic mass is 9.78. The summed E-state index contributed by atoms with van der Waals surface area (Å²) in [5, 5.41) is 0. The van der Waals surface area contributed by atoms with E-state index in [0.717, 1.165) is 25.0 Å². The van der Waals surface area contributed by atoms with Crippen LogP contribution in [0.15, 0.2) is 0 Å². The molecule has 2 aliphatic carbocycles. The summed E-state index contributed by atoms with van der Waals surface area (Å²) in [6, 6.07) is 0. The SMILES string of the molecule is CCC1CCC(CN)C(OCC2CC2)C1. The lowest BCUT2D eigenvalue weighted by molar-refractivity contribution is -0.0282. The maximum absolute atomic E-state index is 6.06. The Morgan fingerprint density at radius 2 is 1.87 bits per heavy atom. The minimum atomic E-state index is 0.467. The van der Waals surface area contributed by atoms with Gasteiger partial charge in [-0.1, -0.05) is 13.3 Å². The zero-order valence-electron chi connectivity index (χ0n) is 9.95. The minimum absolute atomic E-state index is 0.467. The average molecular weight is 211 g/mol. The molecule has 0 heterocycles. The first kappa shape index (κ1) is 11.4. The quantitative estimate of drug-likeness (QED) is 0.758. The Labute approximate surface area is 93.6 Å². The summed E-state index contributed by atoms with van der Waals surface area (Å²) in [4.78, 5) is 0. The summed E-state index contributed by atoms with van der Waals surface area (Å²) in [5.41, 5.74) is 5.82. The second-order valence-electron chi connectivity index (χ2n) is 5.40. The van der Waals surface area contributed by atoms with Crippen molar-refractivity contribution in [3.8, 4) is 0 Å². The summed E-state index contributed by atoms with van der Waals surface area (Å²) >= 11 is 0. The van der Waals surface area contributed by atoms with Crippen molar-refractivity contribution < 1.29 is 4.74 Å². The second kappa shape index (κ2) is 5.31. The molecule has 0 saturated heterocycles. The molecule has 2 heteroatoms. The van der Waals surface area contributed by atoms with Crippen LogP contribution >= 0.6 is 0 Å². The van der Waals surface area contributed by atoms with Crippen LogP contribution in [0.2, 0.25) is 0 Å². The Morgan fingerprint density at radius 1 is 1.13 bits per heavy atom. The van der Waals surface area contributed by atoms with E-state index >= 15 is 0 Å². The number of ether oxygens (including phenoxy) is 1. The molecule has 0 spiro atoms. The molecule has 0 aliphatic heterocycles. The van der Waals surface area contributed by atoms with Crippen LogP contribution in [0.25, 0.3) is 0 Å². The molecule has 15 heavy (non-hydrogen) atoms. The standard InChI is InChI=1S/C13H25NO/c1-2-10-5-6-12(8-14)13(7-10)15-9-11-3-4-11/h10-13H,2-9,14H2,1H3. The van der Waals surface area contributed by atoms with Gasteiger partial charge in [0.15, 0.2) is 0 Å². The topological polar surface area (TPSA) is 35.2 Å². The molecule has 0 aromatic heterocycles. The molecule has 2 saturated carbocycles. The van der Waals surface area contributed by atoms with E-state index in [9.17, 15) is 0 Å². The third-order valence-corrected chi connectivity index (χ3v) is 4.16. The monoisotopic (exact) mass is 211 g/mol. The van der Waals surface area contributed by atoms with Crippen molar-refractivity contribution in [2.45, 2.75) is 51.6 Å². The molecular formula is C13H25NO. The van der Waals surface area contributed by atoms with E-state index in [2.05, 4.69) is 6.92 Å². The average Bonchev–Trinajstić information content (AvgIpc) is 3.09. The van der Waals surface area contributed by atoms with Gasteiger partial charge in [-0.05, 0) is 56.4 Å². The molecule has 88 valence electrons. The van der Waals surface area contributed by atoms with Gasteiger partial charge in [-0.15, -0.1) is 0 Å². The van der Waals surface area contributed by atoms with Gasteiger partial charge in [0.1, 0.15) is 0 Å². The van der Waals surface area contributed by atoms with Gasteiger partial charge in [0.2, 0.25) is 0 Å². The largest absolute Gasteiger partial charge is 0.378 e.